The molecule has 3 atom stereocenters. The van der Waals surface area contributed by atoms with Crippen LogP contribution in [0.1, 0.15) is 22.3 Å². The quantitative estimate of drug-likeness (QED) is 0.501. The molecule has 0 aliphatic carbocycles. The van der Waals surface area contributed by atoms with Crippen LogP contribution in [0.25, 0.3) is 6.08 Å². The lowest BCUT2D eigenvalue weighted by Crippen LogP contribution is -2.12. The molecule has 3 saturated heterocycles. The minimum atomic E-state index is 0.246. The molecule has 6 nitrogen and oxygen atoms in total. The van der Waals surface area contributed by atoms with E-state index < -0.39 is 0 Å². The van der Waals surface area contributed by atoms with E-state index >= 15 is 0 Å². The fraction of sp³-hybridized carbons (Fsp3) is 0.600. The molecule has 0 radical (unpaired) electrons. The highest BCUT2D eigenvalue weighted by molar-refractivity contribution is 5.56. The molecule has 0 spiro atoms. The first-order chi connectivity index (χ1) is 12.8. The molecule has 3 unspecified atom stereocenters. The van der Waals surface area contributed by atoms with Crippen molar-refractivity contribution >= 4 is 6.08 Å². The van der Waals surface area contributed by atoms with Gasteiger partial charge in [0, 0.05) is 0 Å². The maximum atomic E-state index is 5.88. The van der Waals surface area contributed by atoms with Crippen LogP contribution in [-0.4, -0.2) is 58.0 Å². The van der Waals surface area contributed by atoms with Crippen molar-refractivity contribution in [3.05, 3.63) is 41.0 Å². The summed E-state index contributed by atoms with van der Waals surface area (Å²) in [6.45, 7) is 9.75. The summed E-state index contributed by atoms with van der Waals surface area (Å²) in [5.74, 6) is 0. The summed E-state index contributed by atoms with van der Waals surface area (Å²) in [4.78, 5) is 0. The Labute approximate surface area is 154 Å². The zero-order valence-electron chi connectivity index (χ0n) is 15.0. The number of benzene rings is 1. The second-order valence-electron chi connectivity index (χ2n) is 6.89. The number of epoxide rings is 3. The summed E-state index contributed by atoms with van der Waals surface area (Å²) in [6, 6.07) is 4.16. The van der Waals surface area contributed by atoms with E-state index in [1.807, 2.05) is 6.08 Å². The fourth-order valence-corrected chi connectivity index (χ4v) is 2.81. The molecule has 3 aliphatic rings. The van der Waals surface area contributed by atoms with E-state index in [9.17, 15) is 0 Å². The lowest BCUT2D eigenvalue weighted by Gasteiger charge is -2.18. The molecular formula is C20H26O6. The van der Waals surface area contributed by atoms with E-state index in [0.29, 0.717) is 39.6 Å². The Morgan fingerprint density at radius 2 is 1.31 bits per heavy atom. The highest BCUT2D eigenvalue weighted by Gasteiger charge is 2.25. The normalized spacial score (nSPS) is 25.9. The average Bonchev–Trinajstić information content (AvgIpc) is 3.48. The van der Waals surface area contributed by atoms with Gasteiger partial charge < -0.3 is 28.4 Å². The molecule has 6 heteroatoms. The molecule has 0 saturated carbocycles. The predicted octanol–water partition coefficient (Wildman–Crippen LogP) is 2.08. The molecule has 26 heavy (non-hydrogen) atoms. The molecule has 0 N–H and O–H groups in total. The molecule has 3 aliphatic heterocycles. The predicted molar refractivity (Wildman–Crippen MR) is 94.7 cm³/mol. The first-order valence-electron chi connectivity index (χ1n) is 9.17. The zero-order valence-corrected chi connectivity index (χ0v) is 15.0. The molecule has 0 aromatic heterocycles. The fourth-order valence-electron chi connectivity index (χ4n) is 2.81. The summed E-state index contributed by atoms with van der Waals surface area (Å²) in [7, 11) is 0. The third-order valence-electron chi connectivity index (χ3n) is 4.65. The van der Waals surface area contributed by atoms with Crippen LogP contribution in [0.2, 0.25) is 0 Å². The molecule has 142 valence electrons. The molecule has 3 heterocycles. The third kappa shape index (κ3) is 5.36. The summed E-state index contributed by atoms with van der Waals surface area (Å²) in [6.07, 6.45) is 2.62. The van der Waals surface area contributed by atoms with Crippen LogP contribution < -0.4 is 0 Å². The van der Waals surface area contributed by atoms with E-state index in [1.54, 1.807) is 0 Å². The summed E-state index contributed by atoms with van der Waals surface area (Å²) >= 11 is 0. The number of ether oxygens (including phenoxy) is 6. The monoisotopic (exact) mass is 362 g/mol. The van der Waals surface area contributed by atoms with Crippen LogP contribution >= 0.6 is 0 Å². The van der Waals surface area contributed by atoms with Gasteiger partial charge in [0.25, 0.3) is 0 Å². The van der Waals surface area contributed by atoms with Gasteiger partial charge in [0.1, 0.15) is 18.3 Å². The standard InChI is InChI=1S/C20H26O6/c1-2-14-3-4-15(5-21-6-16-9-24-16)20(13-23-8-18-11-26-18)19(14)12-22-7-17-10-25-17/h2-4,16-18H,1,5-13H2. The van der Waals surface area contributed by atoms with E-state index in [1.165, 1.54) is 0 Å². The Bertz CT molecular complexity index is 619. The van der Waals surface area contributed by atoms with Crippen LogP contribution in [0.3, 0.4) is 0 Å². The zero-order chi connectivity index (χ0) is 17.8. The lowest BCUT2D eigenvalue weighted by molar-refractivity contribution is 0.0847. The van der Waals surface area contributed by atoms with Crippen molar-refractivity contribution in [3.8, 4) is 0 Å². The first kappa shape index (κ1) is 18.1. The number of hydrogen-bond donors (Lipinski definition) is 0. The molecule has 1 aromatic carbocycles. The van der Waals surface area contributed by atoms with Crippen molar-refractivity contribution in [2.24, 2.45) is 0 Å². The Hall–Kier alpha value is -1.28. The van der Waals surface area contributed by atoms with Crippen molar-refractivity contribution in [3.63, 3.8) is 0 Å². The highest BCUT2D eigenvalue weighted by atomic mass is 16.6. The van der Waals surface area contributed by atoms with Gasteiger partial charge in [-0.3, -0.25) is 0 Å². The van der Waals surface area contributed by atoms with Gasteiger partial charge in [-0.25, -0.2) is 0 Å². The minimum absolute atomic E-state index is 0.246. The van der Waals surface area contributed by atoms with Crippen LogP contribution in [0.5, 0.6) is 0 Å². The maximum Gasteiger partial charge on any atom is 0.104 e. The van der Waals surface area contributed by atoms with Gasteiger partial charge >= 0.3 is 0 Å². The van der Waals surface area contributed by atoms with Gasteiger partial charge in [-0.15, -0.1) is 0 Å². The summed E-state index contributed by atoms with van der Waals surface area (Å²) in [5, 5.41) is 0. The second kappa shape index (κ2) is 8.61. The van der Waals surface area contributed by atoms with Gasteiger partial charge in [-0.05, 0) is 22.3 Å². The average molecular weight is 362 g/mol. The van der Waals surface area contributed by atoms with Crippen molar-refractivity contribution in [1.82, 2.24) is 0 Å². The van der Waals surface area contributed by atoms with E-state index in [2.05, 4.69) is 18.7 Å². The molecule has 1 aromatic rings. The largest absolute Gasteiger partial charge is 0.374 e. The molecular weight excluding hydrogens is 336 g/mol. The molecule has 0 amide bonds. The minimum Gasteiger partial charge on any atom is -0.374 e. The molecule has 3 fully saturated rings. The Kier molecular flexibility index (Phi) is 5.99. The van der Waals surface area contributed by atoms with Crippen molar-refractivity contribution in [1.29, 1.82) is 0 Å². The Morgan fingerprint density at radius 3 is 1.81 bits per heavy atom. The van der Waals surface area contributed by atoms with Crippen LogP contribution in [0.4, 0.5) is 0 Å². The smallest absolute Gasteiger partial charge is 0.104 e. The summed E-state index contributed by atoms with van der Waals surface area (Å²) < 4.78 is 33.2. The Balaban J connectivity index is 1.45. The maximum absolute atomic E-state index is 5.88. The van der Waals surface area contributed by atoms with Gasteiger partial charge in [-0.1, -0.05) is 24.8 Å². The first-order valence-corrected chi connectivity index (χ1v) is 9.17. The van der Waals surface area contributed by atoms with Gasteiger partial charge in [0.2, 0.25) is 0 Å². The van der Waals surface area contributed by atoms with Gasteiger partial charge in [-0.2, -0.15) is 0 Å². The highest BCUT2D eigenvalue weighted by Crippen LogP contribution is 2.25. The van der Waals surface area contributed by atoms with Crippen LogP contribution in [0.15, 0.2) is 18.7 Å². The third-order valence-corrected chi connectivity index (χ3v) is 4.65. The van der Waals surface area contributed by atoms with Crippen LogP contribution in [-0.2, 0) is 48.2 Å². The Morgan fingerprint density at radius 1 is 0.808 bits per heavy atom. The second-order valence-corrected chi connectivity index (χ2v) is 6.89. The van der Waals surface area contributed by atoms with Gasteiger partial charge in [0.15, 0.2) is 0 Å². The van der Waals surface area contributed by atoms with Gasteiger partial charge in [0.05, 0.1) is 59.5 Å². The summed E-state index contributed by atoms with van der Waals surface area (Å²) in [5.41, 5.74) is 4.42. The van der Waals surface area contributed by atoms with E-state index in [0.717, 1.165) is 42.1 Å². The lowest BCUT2D eigenvalue weighted by atomic mass is 9.96. The van der Waals surface area contributed by atoms with Crippen molar-refractivity contribution in [2.45, 2.75) is 38.1 Å². The number of hydrogen-bond acceptors (Lipinski definition) is 6. The SMILES string of the molecule is C=Cc1ccc(COCC2CO2)c(COCC2CO2)c1COCC1CO1. The van der Waals surface area contributed by atoms with Crippen LogP contribution in [0, 0.1) is 0 Å². The van der Waals surface area contributed by atoms with Crippen molar-refractivity contribution in [2.75, 3.05) is 39.6 Å². The van der Waals surface area contributed by atoms with E-state index in [-0.39, 0.29) is 18.3 Å². The molecule has 4 rings (SSSR count). The molecule has 0 bridgehead atoms. The van der Waals surface area contributed by atoms with Crippen molar-refractivity contribution < 1.29 is 28.4 Å². The number of rotatable bonds is 13. The van der Waals surface area contributed by atoms with E-state index in [4.69, 9.17) is 28.4 Å². The topological polar surface area (TPSA) is 65.3 Å².